The van der Waals surface area contributed by atoms with Crippen LogP contribution in [0.25, 0.3) is 11.1 Å². The summed E-state index contributed by atoms with van der Waals surface area (Å²) in [5, 5.41) is 7.68. The van der Waals surface area contributed by atoms with Gasteiger partial charge < -0.3 is 5.32 Å². The van der Waals surface area contributed by atoms with Gasteiger partial charge in [0.2, 0.25) is 0 Å². The van der Waals surface area contributed by atoms with Gasteiger partial charge in [0, 0.05) is 7.05 Å². The molecule has 0 unspecified atom stereocenters. The van der Waals surface area contributed by atoms with E-state index in [1.807, 2.05) is 19.1 Å². The second-order valence-corrected chi connectivity index (χ2v) is 9.63. The quantitative estimate of drug-likeness (QED) is 0.650. The van der Waals surface area contributed by atoms with Gasteiger partial charge in [0.15, 0.2) is 0 Å². The third-order valence-corrected chi connectivity index (χ3v) is 7.31. The van der Waals surface area contributed by atoms with E-state index in [1.165, 1.54) is 5.56 Å². The molecule has 0 saturated carbocycles. The fourth-order valence-electron chi connectivity index (χ4n) is 4.07. The number of piperidine rings is 1. The highest BCUT2D eigenvalue weighted by atomic mass is 32.2. The lowest BCUT2D eigenvalue weighted by Crippen LogP contribution is -2.26. The Morgan fingerprint density at radius 1 is 1.03 bits per heavy atom. The molecule has 0 radical (unpaired) electrons. The van der Waals surface area contributed by atoms with E-state index < -0.39 is 10.0 Å². The third-order valence-electron chi connectivity index (χ3n) is 5.94. The van der Waals surface area contributed by atoms with Gasteiger partial charge in [-0.3, -0.25) is 9.40 Å². The van der Waals surface area contributed by atoms with Crippen molar-refractivity contribution in [3.63, 3.8) is 0 Å². The lowest BCUT2D eigenvalue weighted by atomic mass is 9.88. The molecule has 2 N–H and O–H groups in total. The number of benzene rings is 2. The highest BCUT2D eigenvalue weighted by Crippen LogP contribution is 2.30. The van der Waals surface area contributed by atoms with Gasteiger partial charge in [0.25, 0.3) is 10.0 Å². The molecule has 1 saturated heterocycles. The molecular formula is C23H28N4O2S. The molecule has 4 rings (SSSR count). The summed E-state index contributed by atoms with van der Waals surface area (Å²) in [5.41, 5.74) is 5.46. The standard InChI is InChI=1S/C23H28N4O2S/c1-16-23(17(2)27(3)25-16)26-30(28,29)22-9-7-18(8-10-22)20-5-4-6-21(15-20)19-11-13-24-14-12-19/h4-10,15,19,24,26H,11-14H2,1-3H3. The van der Waals surface area contributed by atoms with E-state index in [4.69, 9.17) is 0 Å². The molecule has 0 aliphatic carbocycles. The number of sulfonamides is 1. The highest BCUT2D eigenvalue weighted by Gasteiger charge is 2.20. The molecule has 0 atom stereocenters. The van der Waals surface area contributed by atoms with E-state index in [0.717, 1.165) is 42.8 Å². The number of hydrogen-bond acceptors (Lipinski definition) is 4. The molecule has 3 aromatic rings. The fourth-order valence-corrected chi connectivity index (χ4v) is 5.24. The number of nitrogens with one attached hydrogen (secondary N) is 2. The molecule has 1 aliphatic rings. The summed E-state index contributed by atoms with van der Waals surface area (Å²) in [6, 6.07) is 15.7. The summed E-state index contributed by atoms with van der Waals surface area (Å²) in [6.07, 6.45) is 2.30. The summed E-state index contributed by atoms with van der Waals surface area (Å²) in [6.45, 7) is 5.76. The Bertz CT molecular complexity index is 1140. The molecule has 0 spiro atoms. The molecule has 6 nitrogen and oxygen atoms in total. The van der Waals surface area contributed by atoms with E-state index >= 15 is 0 Å². The SMILES string of the molecule is Cc1nn(C)c(C)c1NS(=O)(=O)c1ccc(-c2cccc(C3CCNCC3)c2)cc1. The highest BCUT2D eigenvalue weighted by molar-refractivity contribution is 7.92. The molecule has 1 fully saturated rings. The molecule has 1 aliphatic heterocycles. The summed E-state index contributed by atoms with van der Waals surface area (Å²) in [4.78, 5) is 0.239. The molecule has 7 heteroatoms. The van der Waals surface area contributed by atoms with Crippen molar-refractivity contribution in [2.24, 2.45) is 7.05 Å². The van der Waals surface area contributed by atoms with E-state index in [2.05, 4.69) is 39.4 Å². The molecular weight excluding hydrogens is 396 g/mol. The molecule has 1 aromatic heterocycles. The van der Waals surface area contributed by atoms with Crippen molar-refractivity contribution < 1.29 is 8.42 Å². The van der Waals surface area contributed by atoms with Crippen LogP contribution in [-0.2, 0) is 17.1 Å². The van der Waals surface area contributed by atoms with Gasteiger partial charge in [-0.15, -0.1) is 0 Å². The van der Waals surface area contributed by atoms with Crippen LogP contribution in [0.4, 0.5) is 5.69 Å². The minimum absolute atomic E-state index is 0.239. The van der Waals surface area contributed by atoms with Crippen LogP contribution in [0.3, 0.4) is 0 Å². The summed E-state index contributed by atoms with van der Waals surface area (Å²) in [7, 11) is -1.88. The van der Waals surface area contributed by atoms with E-state index in [-0.39, 0.29) is 4.90 Å². The lowest BCUT2D eigenvalue weighted by molar-refractivity contribution is 0.460. The first-order chi connectivity index (χ1) is 14.3. The van der Waals surface area contributed by atoms with Crippen molar-refractivity contribution in [1.29, 1.82) is 0 Å². The lowest BCUT2D eigenvalue weighted by Gasteiger charge is -2.23. The molecule has 30 heavy (non-hydrogen) atoms. The Kier molecular flexibility index (Phi) is 5.66. The smallest absolute Gasteiger partial charge is 0.262 e. The zero-order valence-electron chi connectivity index (χ0n) is 17.6. The Balaban J connectivity index is 1.57. The number of hydrogen-bond donors (Lipinski definition) is 2. The number of rotatable bonds is 5. The van der Waals surface area contributed by atoms with Gasteiger partial charge in [-0.1, -0.05) is 36.4 Å². The average molecular weight is 425 g/mol. The van der Waals surface area contributed by atoms with Gasteiger partial charge in [-0.25, -0.2) is 8.42 Å². The van der Waals surface area contributed by atoms with Gasteiger partial charge in [0.1, 0.15) is 0 Å². The van der Waals surface area contributed by atoms with Crippen molar-refractivity contribution in [2.45, 2.75) is 37.5 Å². The number of aryl methyl sites for hydroxylation is 2. The molecule has 2 heterocycles. The van der Waals surface area contributed by atoms with Crippen molar-refractivity contribution in [1.82, 2.24) is 15.1 Å². The Morgan fingerprint density at radius 2 is 1.73 bits per heavy atom. The summed E-state index contributed by atoms with van der Waals surface area (Å²) in [5.74, 6) is 0.584. The van der Waals surface area contributed by atoms with Crippen LogP contribution in [0.5, 0.6) is 0 Å². The van der Waals surface area contributed by atoms with Gasteiger partial charge in [-0.2, -0.15) is 5.10 Å². The first-order valence-corrected chi connectivity index (χ1v) is 11.8. The first-order valence-electron chi connectivity index (χ1n) is 10.3. The van der Waals surface area contributed by atoms with Crippen LogP contribution < -0.4 is 10.0 Å². The van der Waals surface area contributed by atoms with Crippen molar-refractivity contribution >= 4 is 15.7 Å². The second kappa shape index (κ2) is 8.24. The Morgan fingerprint density at radius 3 is 2.37 bits per heavy atom. The number of aromatic nitrogens is 2. The van der Waals surface area contributed by atoms with Crippen LogP contribution in [-0.4, -0.2) is 31.3 Å². The molecule has 0 bridgehead atoms. The van der Waals surface area contributed by atoms with Gasteiger partial charge in [0.05, 0.1) is 22.0 Å². The Hall–Kier alpha value is -2.64. The predicted octanol–water partition coefficient (Wildman–Crippen LogP) is 3.97. The summed E-state index contributed by atoms with van der Waals surface area (Å²) >= 11 is 0. The molecule has 158 valence electrons. The number of anilines is 1. The first kappa shape index (κ1) is 20.6. The monoisotopic (exact) mass is 424 g/mol. The van der Waals surface area contributed by atoms with Gasteiger partial charge >= 0.3 is 0 Å². The second-order valence-electron chi connectivity index (χ2n) is 7.95. The summed E-state index contributed by atoms with van der Waals surface area (Å²) < 4.78 is 30.1. The van der Waals surface area contributed by atoms with Crippen LogP contribution in [0, 0.1) is 13.8 Å². The average Bonchev–Trinajstić information content (AvgIpc) is 3.00. The van der Waals surface area contributed by atoms with Crippen LogP contribution in [0.1, 0.15) is 35.7 Å². The maximum absolute atomic E-state index is 12.9. The maximum atomic E-state index is 12.9. The fraction of sp³-hybridized carbons (Fsp3) is 0.348. The largest absolute Gasteiger partial charge is 0.317 e. The third kappa shape index (κ3) is 4.13. The minimum atomic E-state index is -3.68. The molecule has 0 amide bonds. The zero-order chi connectivity index (χ0) is 21.3. The zero-order valence-corrected chi connectivity index (χ0v) is 18.5. The van der Waals surface area contributed by atoms with Gasteiger partial charge in [-0.05, 0) is 74.5 Å². The van der Waals surface area contributed by atoms with E-state index in [0.29, 0.717) is 17.3 Å². The van der Waals surface area contributed by atoms with Crippen molar-refractivity contribution in [3.05, 3.63) is 65.5 Å². The van der Waals surface area contributed by atoms with Crippen molar-refractivity contribution in [2.75, 3.05) is 17.8 Å². The van der Waals surface area contributed by atoms with E-state index in [1.54, 1.807) is 30.8 Å². The van der Waals surface area contributed by atoms with Crippen LogP contribution in [0.15, 0.2) is 53.4 Å². The minimum Gasteiger partial charge on any atom is -0.317 e. The maximum Gasteiger partial charge on any atom is 0.262 e. The topological polar surface area (TPSA) is 76.0 Å². The normalized spacial score (nSPS) is 15.3. The molecule has 2 aromatic carbocycles. The Labute approximate surface area is 178 Å². The van der Waals surface area contributed by atoms with Crippen LogP contribution >= 0.6 is 0 Å². The van der Waals surface area contributed by atoms with E-state index in [9.17, 15) is 8.42 Å². The van der Waals surface area contributed by atoms with Crippen LogP contribution in [0.2, 0.25) is 0 Å². The predicted molar refractivity (Wildman–Crippen MR) is 120 cm³/mol. The number of nitrogens with zero attached hydrogens (tertiary/aromatic N) is 2. The van der Waals surface area contributed by atoms with Crippen molar-refractivity contribution in [3.8, 4) is 11.1 Å².